The van der Waals surface area contributed by atoms with Gasteiger partial charge in [0.1, 0.15) is 17.1 Å². The largest absolute Gasteiger partial charge is 0.360 e. The van der Waals surface area contributed by atoms with Crippen LogP contribution >= 0.6 is 0 Å². The smallest absolute Gasteiger partial charge is 0.248 e. The molecule has 136 valence electrons. The molecule has 2 aliphatic rings. The Kier molecular flexibility index (Phi) is 4.84. The number of nitrogens with zero attached hydrogens (tertiary/aromatic N) is 4. The van der Waals surface area contributed by atoms with Crippen molar-refractivity contribution in [2.75, 3.05) is 19.6 Å². The topological polar surface area (TPSA) is 108 Å². The summed E-state index contributed by atoms with van der Waals surface area (Å²) in [5.41, 5.74) is 0.329. The number of aromatic nitrogens is 1. The van der Waals surface area contributed by atoms with Gasteiger partial charge in [-0.05, 0) is 39.5 Å². The molecule has 1 amide bonds. The minimum Gasteiger partial charge on any atom is -0.360 e. The first-order valence-corrected chi connectivity index (χ1v) is 9.90. The zero-order valence-corrected chi connectivity index (χ0v) is 15.3. The highest BCUT2D eigenvalue weighted by atomic mass is 32.2. The van der Waals surface area contributed by atoms with Crippen LogP contribution in [0.2, 0.25) is 0 Å². The van der Waals surface area contributed by atoms with E-state index in [0.29, 0.717) is 25.1 Å². The van der Waals surface area contributed by atoms with Gasteiger partial charge in [0.05, 0.1) is 12.0 Å². The van der Waals surface area contributed by atoms with E-state index in [2.05, 4.69) is 5.16 Å². The summed E-state index contributed by atoms with van der Waals surface area (Å²) in [5, 5.41) is 12.7. The predicted octanol–water partition coefficient (Wildman–Crippen LogP) is 1.21. The standard InChI is InChI=1S/C16H22N4O4S/c1-11-15(12(2)24-18-11)25(22,23)19-8-3-4-13(10-19)16(21)20(9-7-17)14-5-6-14/h13-14H,3-6,8-10H2,1-2H3. The molecule has 3 rings (SSSR count). The summed E-state index contributed by atoms with van der Waals surface area (Å²) in [6.45, 7) is 3.74. The number of amides is 1. The maximum atomic E-state index is 12.9. The van der Waals surface area contributed by atoms with E-state index in [1.807, 2.05) is 6.07 Å². The molecule has 1 aromatic rings. The Balaban J connectivity index is 1.79. The van der Waals surface area contributed by atoms with Crippen molar-refractivity contribution in [3.8, 4) is 6.07 Å². The van der Waals surface area contributed by atoms with Gasteiger partial charge >= 0.3 is 0 Å². The fourth-order valence-corrected chi connectivity index (χ4v) is 5.23. The third-order valence-electron chi connectivity index (χ3n) is 4.81. The van der Waals surface area contributed by atoms with Gasteiger partial charge in [-0.25, -0.2) is 8.42 Å². The van der Waals surface area contributed by atoms with Crippen molar-refractivity contribution in [3.63, 3.8) is 0 Å². The van der Waals surface area contributed by atoms with E-state index < -0.39 is 15.9 Å². The van der Waals surface area contributed by atoms with Crippen LogP contribution in [0, 0.1) is 31.1 Å². The summed E-state index contributed by atoms with van der Waals surface area (Å²) in [7, 11) is -3.75. The first-order valence-electron chi connectivity index (χ1n) is 8.46. The maximum absolute atomic E-state index is 12.9. The van der Waals surface area contributed by atoms with Crippen LogP contribution in [0.3, 0.4) is 0 Å². The van der Waals surface area contributed by atoms with Crippen LogP contribution in [-0.4, -0.2) is 54.4 Å². The van der Waals surface area contributed by atoms with Crippen molar-refractivity contribution in [1.29, 1.82) is 5.26 Å². The molecule has 0 aromatic carbocycles. The van der Waals surface area contributed by atoms with Crippen molar-refractivity contribution in [2.24, 2.45) is 5.92 Å². The molecule has 1 aliphatic carbocycles. The second kappa shape index (κ2) is 6.77. The average molecular weight is 366 g/mol. The molecule has 2 heterocycles. The highest BCUT2D eigenvalue weighted by Gasteiger charge is 2.40. The monoisotopic (exact) mass is 366 g/mol. The average Bonchev–Trinajstić information content (AvgIpc) is 3.36. The quantitative estimate of drug-likeness (QED) is 0.725. The Labute approximate surface area is 147 Å². The molecule has 2 fully saturated rings. The molecule has 1 atom stereocenters. The fraction of sp³-hybridized carbons (Fsp3) is 0.688. The first kappa shape index (κ1) is 17.9. The molecule has 9 heteroatoms. The van der Waals surface area contributed by atoms with Gasteiger partial charge in [-0.2, -0.15) is 9.57 Å². The van der Waals surface area contributed by atoms with E-state index in [1.165, 1.54) is 4.31 Å². The van der Waals surface area contributed by atoms with E-state index in [1.54, 1.807) is 18.7 Å². The third kappa shape index (κ3) is 3.41. The van der Waals surface area contributed by atoms with Gasteiger partial charge in [-0.15, -0.1) is 0 Å². The second-order valence-electron chi connectivity index (χ2n) is 6.71. The number of carbonyl (C=O) groups excluding carboxylic acids is 1. The normalized spacial score (nSPS) is 21.7. The van der Waals surface area contributed by atoms with Crippen LogP contribution in [0.1, 0.15) is 37.1 Å². The molecule has 0 N–H and O–H groups in total. The van der Waals surface area contributed by atoms with Gasteiger partial charge < -0.3 is 9.42 Å². The molecule has 1 saturated heterocycles. The summed E-state index contributed by atoms with van der Waals surface area (Å²) < 4.78 is 32.2. The minimum atomic E-state index is -3.75. The lowest BCUT2D eigenvalue weighted by Gasteiger charge is -2.33. The van der Waals surface area contributed by atoms with Gasteiger partial charge in [0.15, 0.2) is 5.76 Å². The molecule has 8 nitrogen and oxygen atoms in total. The van der Waals surface area contributed by atoms with Crippen LogP contribution in [0.25, 0.3) is 0 Å². The van der Waals surface area contributed by atoms with E-state index in [-0.39, 0.29) is 35.7 Å². The number of piperidine rings is 1. The Morgan fingerprint density at radius 3 is 2.68 bits per heavy atom. The van der Waals surface area contributed by atoms with Gasteiger partial charge in [0.25, 0.3) is 0 Å². The van der Waals surface area contributed by atoms with Gasteiger partial charge in [0, 0.05) is 19.1 Å². The van der Waals surface area contributed by atoms with Gasteiger partial charge in [-0.3, -0.25) is 4.79 Å². The molecule has 1 aromatic heterocycles. The highest BCUT2D eigenvalue weighted by molar-refractivity contribution is 7.89. The Morgan fingerprint density at radius 2 is 2.12 bits per heavy atom. The number of sulfonamides is 1. The Morgan fingerprint density at radius 1 is 1.40 bits per heavy atom. The van der Waals surface area contributed by atoms with Crippen molar-refractivity contribution in [1.82, 2.24) is 14.4 Å². The number of carbonyl (C=O) groups is 1. The third-order valence-corrected chi connectivity index (χ3v) is 6.92. The lowest BCUT2D eigenvalue weighted by molar-refractivity contribution is -0.136. The van der Waals surface area contributed by atoms with Crippen LogP contribution in [-0.2, 0) is 14.8 Å². The van der Waals surface area contributed by atoms with E-state index in [4.69, 9.17) is 9.78 Å². The fourth-order valence-electron chi connectivity index (χ4n) is 3.42. The van der Waals surface area contributed by atoms with Gasteiger partial charge in [-0.1, -0.05) is 5.16 Å². The summed E-state index contributed by atoms with van der Waals surface area (Å²) in [4.78, 5) is 14.5. The minimum absolute atomic E-state index is 0.0661. The summed E-state index contributed by atoms with van der Waals surface area (Å²) in [6, 6.07) is 2.18. The summed E-state index contributed by atoms with van der Waals surface area (Å²) in [6.07, 6.45) is 3.09. The molecule has 25 heavy (non-hydrogen) atoms. The first-order chi connectivity index (χ1) is 11.9. The highest BCUT2D eigenvalue weighted by Crippen LogP contribution is 2.32. The maximum Gasteiger partial charge on any atom is 0.248 e. The molecular formula is C16H22N4O4S. The predicted molar refractivity (Wildman–Crippen MR) is 87.8 cm³/mol. The van der Waals surface area contributed by atoms with E-state index in [0.717, 1.165) is 12.8 Å². The number of aryl methyl sites for hydroxylation is 2. The molecule has 1 aliphatic heterocycles. The van der Waals surface area contributed by atoms with E-state index >= 15 is 0 Å². The van der Waals surface area contributed by atoms with Crippen molar-refractivity contribution >= 4 is 15.9 Å². The SMILES string of the molecule is Cc1noc(C)c1S(=O)(=O)N1CCCC(C(=O)N(CC#N)C2CC2)C1. The molecular weight excluding hydrogens is 344 g/mol. The van der Waals surface area contributed by atoms with Crippen molar-refractivity contribution in [2.45, 2.75) is 50.5 Å². The molecule has 0 radical (unpaired) electrons. The molecule has 0 spiro atoms. The molecule has 1 unspecified atom stereocenters. The number of hydrogen-bond donors (Lipinski definition) is 0. The number of nitriles is 1. The summed E-state index contributed by atoms with van der Waals surface area (Å²) in [5.74, 6) is -0.254. The van der Waals surface area contributed by atoms with Crippen molar-refractivity contribution < 1.29 is 17.7 Å². The van der Waals surface area contributed by atoms with Crippen LogP contribution < -0.4 is 0 Å². The summed E-state index contributed by atoms with van der Waals surface area (Å²) >= 11 is 0. The Hall–Kier alpha value is -1.92. The molecule has 1 saturated carbocycles. The molecule has 0 bridgehead atoms. The second-order valence-corrected chi connectivity index (χ2v) is 8.59. The van der Waals surface area contributed by atoms with Crippen molar-refractivity contribution in [3.05, 3.63) is 11.5 Å². The number of hydrogen-bond acceptors (Lipinski definition) is 6. The zero-order chi connectivity index (χ0) is 18.2. The lowest BCUT2D eigenvalue weighted by Crippen LogP contribution is -2.47. The van der Waals surface area contributed by atoms with Crippen LogP contribution in [0.15, 0.2) is 9.42 Å². The Bertz CT molecular complexity index is 787. The number of rotatable bonds is 5. The van der Waals surface area contributed by atoms with E-state index in [9.17, 15) is 13.2 Å². The van der Waals surface area contributed by atoms with Crippen LogP contribution in [0.5, 0.6) is 0 Å². The zero-order valence-electron chi connectivity index (χ0n) is 14.4. The lowest BCUT2D eigenvalue weighted by atomic mass is 9.98. The van der Waals surface area contributed by atoms with Gasteiger partial charge in [0.2, 0.25) is 15.9 Å². The van der Waals surface area contributed by atoms with Crippen LogP contribution in [0.4, 0.5) is 0 Å².